The van der Waals surface area contributed by atoms with Gasteiger partial charge < -0.3 is 9.47 Å². The van der Waals surface area contributed by atoms with Crippen LogP contribution in [0.3, 0.4) is 0 Å². The van der Waals surface area contributed by atoms with Gasteiger partial charge in [-0.05, 0) is 6.42 Å². The standard InChI is InChI=1S/C8H16O2.CH4/c1-2-3-4-5-9-6-8-7-10-8;/h8H,2-7H2,1H3;1H4. The predicted molar refractivity (Wildman–Crippen MR) is 46.8 cm³/mol. The lowest BCUT2D eigenvalue weighted by Gasteiger charge is -1.99. The van der Waals surface area contributed by atoms with Crippen LogP contribution in [0.4, 0.5) is 0 Å². The molecule has 2 heteroatoms. The smallest absolute Gasteiger partial charge is 0.104 e. The summed E-state index contributed by atoms with van der Waals surface area (Å²) >= 11 is 0. The molecule has 68 valence electrons. The Morgan fingerprint density at radius 3 is 2.73 bits per heavy atom. The largest absolute Gasteiger partial charge is 0.379 e. The van der Waals surface area contributed by atoms with Crippen LogP contribution < -0.4 is 0 Å². The summed E-state index contributed by atoms with van der Waals surface area (Å²) in [5.74, 6) is 0. The van der Waals surface area contributed by atoms with Crippen LogP contribution in [0, 0.1) is 0 Å². The van der Waals surface area contributed by atoms with Gasteiger partial charge in [0, 0.05) is 6.61 Å². The van der Waals surface area contributed by atoms with Crippen molar-refractivity contribution in [1.82, 2.24) is 0 Å². The van der Waals surface area contributed by atoms with Gasteiger partial charge in [0.15, 0.2) is 0 Å². The number of hydrogen-bond donors (Lipinski definition) is 0. The van der Waals surface area contributed by atoms with E-state index < -0.39 is 0 Å². The van der Waals surface area contributed by atoms with Gasteiger partial charge in [-0.25, -0.2) is 0 Å². The van der Waals surface area contributed by atoms with Crippen LogP contribution in [0.25, 0.3) is 0 Å². The van der Waals surface area contributed by atoms with Crippen LogP contribution in [0.15, 0.2) is 0 Å². The maximum atomic E-state index is 5.33. The van der Waals surface area contributed by atoms with Gasteiger partial charge >= 0.3 is 0 Å². The molecule has 1 unspecified atom stereocenters. The van der Waals surface area contributed by atoms with Crippen molar-refractivity contribution in [2.24, 2.45) is 0 Å². The van der Waals surface area contributed by atoms with Gasteiger partial charge in [-0.1, -0.05) is 27.2 Å². The highest BCUT2D eigenvalue weighted by Crippen LogP contribution is 2.08. The van der Waals surface area contributed by atoms with Crippen LogP contribution in [-0.2, 0) is 9.47 Å². The first kappa shape index (κ1) is 10.9. The van der Waals surface area contributed by atoms with E-state index in [0.717, 1.165) is 19.8 Å². The van der Waals surface area contributed by atoms with E-state index in [9.17, 15) is 0 Å². The molecule has 1 rings (SSSR count). The summed E-state index contributed by atoms with van der Waals surface area (Å²) in [6.45, 7) is 4.83. The lowest BCUT2D eigenvalue weighted by Crippen LogP contribution is -2.02. The van der Waals surface area contributed by atoms with Gasteiger partial charge in [-0.2, -0.15) is 0 Å². The molecule has 0 bridgehead atoms. The number of unbranched alkanes of at least 4 members (excludes halogenated alkanes) is 2. The van der Waals surface area contributed by atoms with Gasteiger partial charge in [0.25, 0.3) is 0 Å². The molecular formula is C9H20O2. The van der Waals surface area contributed by atoms with E-state index in [2.05, 4.69) is 6.92 Å². The normalized spacial score (nSPS) is 21.0. The topological polar surface area (TPSA) is 21.8 Å². The van der Waals surface area contributed by atoms with E-state index in [4.69, 9.17) is 9.47 Å². The van der Waals surface area contributed by atoms with Gasteiger partial charge in [0.2, 0.25) is 0 Å². The monoisotopic (exact) mass is 160 g/mol. The summed E-state index contributed by atoms with van der Waals surface area (Å²) in [6.07, 6.45) is 4.18. The van der Waals surface area contributed by atoms with Crippen molar-refractivity contribution in [3.63, 3.8) is 0 Å². The molecule has 0 aromatic rings. The molecule has 0 spiro atoms. The first-order valence-corrected chi connectivity index (χ1v) is 4.13. The highest BCUT2D eigenvalue weighted by Gasteiger charge is 2.21. The lowest BCUT2D eigenvalue weighted by molar-refractivity contribution is 0.113. The van der Waals surface area contributed by atoms with Gasteiger partial charge in [0.1, 0.15) is 6.10 Å². The zero-order valence-electron chi connectivity index (χ0n) is 6.64. The third-order valence-electron chi connectivity index (χ3n) is 1.60. The highest BCUT2D eigenvalue weighted by molar-refractivity contribution is 4.66. The summed E-state index contributed by atoms with van der Waals surface area (Å²) in [4.78, 5) is 0. The SMILES string of the molecule is C.CCCCCOCC1CO1. The second kappa shape index (κ2) is 6.62. The molecule has 1 aliphatic heterocycles. The molecule has 1 heterocycles. The maximum absolute atomic E-state index is 5.33. The van der Waals surface area contributed by atoms with Crippen molar-refractivity contribution in [2.75, 3.05) is 19.8 Å². The van der Waals surface area contributed by atoms with Crippen LogP contribution in [0.2, 0.25) is 0 Å². The molecule has 0 aromatic carbocycles. The Bertz CT molecular complexity index is 79.6. The molecule has 1 atom stereocenters. The molecule has 0 amide bonds. The summed E-state index contributed by atoms with van der Waals surface area (Å²) in [5, 5.41) is 0. The summed E-state index contributed by atoms with van der Waals surface area (Å²) < 4.78 is 10.3. The number of epoxide rings is 1. The second-order valence-electron chi connectivity index (χ2n) is 2.74. The molecule has 0 radical (unpaired) electrons. The lowest BCUT2D eigenvalue weighted by atomic mass is 10.3. The molecule has 11 heavy (non-hydrogen) atoms. The minimum Gasteiger partial charge on any atom is -0.379 e. The van der Waals surface area contributed by atoms with Crippen LogP contribution >= 0.6 is 0 Å². The minimum absolute atomic E-state index is 0. The molecule has 0 saturated carbocycles. The number of ether oxygens (including phenoxy) is 2. The van der Waals surface area contributed by atoms with Crippen LogP contribution in [0.1, 0.15) is 33.6 Å². The Kier molecular flexibility index (Phi) is 6.57. The van der Waals surface area contributed by atoms with Gasteiger partial charge in [-0.15, -0.1) is 0 Å². The molecule has 2 nitrogen and oxygen atoms in total. The number of hydrogen-bond acceptors (Lipinski definition) is 2. The fourth-order valence-corrected chi connectivity index (χ4v) is 0.833. The van der Waals surface area contributed by atoms with Gasteiger partial charge in [-0.3, -0.25) is 0 Å². The molecule has 0 aliphatic carbocycles. The van der Waals surface area contributed by atoms with Crippen molar-refractivity contribution in [3.05, 3.63) is 0 Å². The van der Waals surface area contributed by atoms with Crippen LogP contribution in [-0.4, -0.2) is 25.9 Å². The zero-order valence-corrected chi connectivity index (χ0v) is 6.64. The van der Waals surface area contributed by atoms with E-state index in [1.807, 2.05) is 0 Å². The van der Waals surface area contributed by atoms with Crippen molar-refractivity contribution < 1.29 is 9.47 Å². The summed E-state index contributed by atoms with van der Waals surface area (Å²) in [7, 11) is 0. The molecule has 0 N–H and O–H groups in total. The molecule has 1 aliphatic rings. The van der Waals surface area contributed by atoms with Crippen molar-refractivity contribution >= 4 is 0 Å². The quantitative estimate of drug-likeness (QED) is 0.439. The summed E-state index contributed by atoms with van der Waals surface area (Å²) in [6, 6.07) is 0. The highest BCUT2D eigenvalue weighted by atomic mass is 16.6. The Labute approximate surface area is 69.9 Å². The predicted octanol–water partition coefficient (Wildman–Crippen LogP) is 2.23. The third-order valence-corrected chi connectivity index (χ3v) is 1.60. The average molecular weight is 160 g/mol. The van der Waals surface area contributed by atoms with Crippen LogP contribution in [0.5, 0.6) is 0 Å². The van der Waals surface area contributed by atoms with E-state index in [1.54, 1.807) is 0 Å². The first-order chi connectivity index (χ1) is 4.93. The number of rotatable bonds is 6. The van der Waals surface area contributed by atoms with Crippen molar-refractivity contribution in [3.8, 4) is 0 Å². The van der Waals surface area contributed by atoms with E-state index in [-0.39, 0.29) is 7.43 Å². The third kappa shape index (κ3) is 6.32. The Balaban J connectivity index is 0.000001000. The zero-order chi connectivity index (χ0) is 7.23. The van der Waals surface area contributed by atoms with E-state index >= 15 is 0 Å². The Morgan fingerprint density at radius 1 is 1.45 bits per heavy atom. The Morgan fingerprint density at radius 2 is 2.18 bits per heavy atom. The van der Waals surface area contributed by atoms with E-state index in [0.29, 0.717) is 6.10 Å². The van der Waals surface area contributed by atoms with Gasteiger partial charge in [0.05, 0.1) is 13.2 Å². The van der Waals surface area contributed by atoms with E-state index in [1.165, 1.54) is 19.3 Å². The molecule has 1 fully saturated rings. The molecular weight excluding hydrogens is 140 g/mol. The molecule has 0 aromatic heterocycles. The Hall–Kier alpha value is -0.0800. The second-order valence-corrected chi connectivity index (χ2v) is 2.74. The fraction of sp³-hybridized carbons (Fsp3) is 1.00. The van der Waals surface area contributed by atoms with Crippen molar-refractivity contribution in [2.45, 2.75) is 39.7 Å². The van der Waals surface area contributed by atoms with Crippen molar-refractivity contribution in [1.29, 1.82) is 0 Å². The maximum Gasteiger partial charge on any atom is 0.104 e. The molecule has 1 saturated heterocycles. The fourth-order valence-electron chi connectivity index (χ4n) is 0.833. The summed E-state index contributed by atoms with van der Waals surface area (Å²) in [5.41, 5.74) is 0. The first-order valence-electron chi connectivity index (χ1n) is 4.13. The average Bonchev–Trinajstić information content (AvgIpc) is 2.71. The minimum atomic E-state index is 0.